The van der Waals surface area contributed by atoms with Crippen LogP contribution in [0.15, 0.2) is 30.5 Å². The van der Waals surface area contributed by atoms with Crippen molar-refractivity contribution in [3.63, 3.8) is 0 Å². The summed E-state index contributed by atoms with van der Waals surface area (Å²) in [5.74, 6) is 0. The first-order chi connectivity index (χ1) is 8.09. The number of hydrogen-bond donors (Lipinski definition) is 3. The Labute approximate surface area is 105 Å². The highest BCUT2D eigenvalue weighted by Crippen LogP contribution is 2.15. The molecule has 1 aromatic carbocycles. The third-order valence-corrected chi connectivity index (χ3v) is 2.28. The molecule has 0 aromatic heterocycles. The molecule has 2 amide bonds. The van der Waals surface area contributed by atoms with E-state index in [1.807, 2.05) is 18.2 Å². The van der Waals surface area contributed by atoms with Crippen LogP contribution < -0.4 is 10.6 Å². The minimum atomic E-state index is -0.562. The number of amides is 2. The molecular formula is C12H15ClN2O2. The van der Waals surface area contributed by atoms with Gasteiger partial charge in [-0.05, 0) is 24.6 Å². The fourth-order valence-electron chi connectivity index (χ4n) is 1.11. The summed E-state index contributed by atoms with van der Waals surface area (Å²) in [6.45, 7) is 1.81. The van der Waals surface area contributed by atoms with E-state index in [0.29, 0.717) is 5.02 Å². The van der Waals surface area contributed by atoms with E-state index in [0.717, 1.165) is 5.56 Å². The number of aliphatic hydroxyl groups excluding tert-OH is 1. The first kappa shape index (κ1) is 13.5. The molecule has 5 heteroatoms. The largest absolute Gasteiger partial charge is 0.392 e. The van der Waals surface area contributed by atoms with E-state index in [9.17, 15) is 4.79 Å². The van der Waals surface area contributed by atoms with E-state index in [1.165, 1.54) is 6.20 Å². The fourth-order valence-corrected chi connectivity index (χ4v) is 1.31. The average Bonchev–Trinajstić information content (AvgIpc) is 2.29. The lowest BCUT2D eigenvalue weighted by molar-refractivity contribution is 0.188. The Bertz CT molecular complexity index is 405. The zero-order chi connectivity index (χ0) is 12.7. The number of benzene rings is 1. The van der Waals surface area contributed by atoms with Gasteiger partial charge in [0.25, 0.3) is 0 Å². The Kier molecular flexibility index (Phi) is 5.52. The van der Waals surface area contributed by atoms with Gasteiger partial charge in [-0.2, -0.15) is 0 Å². The Morgan fingerprint density at radius 1 is 1.53 bits per heavy atom. The number of hydrogen-bond acceptors (Lipinski definition) is 2. The van der Waals surface area contributed by atoms with Gasteiger partial charge < -0.3 is 15.7 Å². The molecule has 1 unspecified atom stereocenters. The molecule has 0 aliphatic carbocycles. The molecule has 0 bridgehead atoms. The maximum absolute atomic E-state index is 11.2. The quantitative estimate of drug-likeness (QED) is 0.770. The summed E-state index contributed by atoms with van der Waals surface area (Å²) in [6, 6.07) is 6.94. The van der Waals surface area contributed by atoms with Crippen molar-refractivity contribution in [2.24, 2.45) is 0 Å². The molecule has 4 nitrogen and oxygen atoms in total. The Balaban J connectivity index is 2.40. The van der Waals surface area contributed by atoms with Crippen LogP contribution >= 0.6 is 11.6 Å². The smallest absolute Gasteiger partial charge is 0.318 e. The number of nitrogens with one attached hydrogen (secondary N) is 2. The van der Waals surface area contributed by atoms with Gasteiger partial charge in [0.1, 0.15) is 0 Å². The van der Waals surface area contributed by atoms with Crippen molar-refractivity contribution in [3.8, 4) is 0 Å². The number of halogens is 1. The van der Waals surface area contributed by atoms with Gasteiger partial charge in [-0.25, -0.2) is 4.79 Å². The minimum absolute atomic E-state index is 0.214. The zero-order valence-corrected chi connectivity index (χ0v) is 10.2. The topological polar surface area (TPSA) is 61.4 Å². The van der Waals surface area contributed by atoms with Crippen molar-refractivity contribution < 1.29 is 9.90 Å². The van der Waals surface area contributed by atoms with E-state index in [4.69, 9.17) is 16.7 Å². The van der Waals surface area contributed by atoms with Crippen LogP contribution in [-0.2, 0) is 0 Å². The van der Waals surface area contributed by atoms with Gasteiger partial charge in [0.2, 0.25) is 0 Å². The van der Waals surface area contributed by atoms with Crippen molar-refractivity contribution in [3.05, 3.63) is 41.1 Å². The molecule has 0 heterocycles. The Morgan fingerprint density at radius 3 is 2.88 bits per heavy atom. The predicted octanol–water partition coefficient (Wildman–Crippen LogP) is 1.99. The standard InChI is InChI=1S/C12H15ClN2O2/c1-9(16)8-15-12(17)14-7-6-10-4-2-3-5-11(10)13/h2-7,9,16H,8H2,1H3,(H2,14,15,17)/b7-6+. The van der Waals surface area contributed by atoms with Crippen molar-refractivity contribution in [1.82, 2.24) is 10.6 Å². The molecular weight excluding hydrogens is 240 g/mol. The molecule has 0 aliphatic heterocycles. The minimum Gasteiger partial charge on any atom is -0.392 e. The molecule has 92 valence electrons. The van der Waals surface area contributed by atoms with Crippen LogP contribution in [0.2, 0.25) is 5.02 Å². The zero-order valence-electron chi connectivity index (χ0n) is 9.48. The highest BCUT2D eigenvalue weighted by Gasteiger charge is 1.99. The van der Waals surface area contributed by atoms with E-state index in [1.54, 1.807) is 19.1 Å². The SMILES string of the molecule is CC(O)CNC(=O)N/C=C/c1ccccc1Cl. The van der Waals surface area contributed by atoms with Crippen molar-refractivity contribution in [2.75, 3.05) is 6.54 Å². The van der Waals surface area contributed by atoms with Crippen LogP contribution in [0.3, 0.4) is 0 Å². The number of aliphatic hydroxyl groups is 1. The maximum atomic E-state index is 11.2. The lowest BCUT2D eigenvalue weighted by Crippen LogP contribution is -2.36. The summed E-state index contributed by atoms with van der Waals surface area (Å²) >= 11 is 5.93. The molecule has 1 atom stereocenters. The summed E-state index contributed by atoms with van der Waals surface area (Å²) in [4.78, 5) is 11.2. The van der Waals surface area contributed by atoms with Gasteiger partial charge in [0, 0.05) is 17.8 Å². The molecule has 3 N–H and O–H groups in total. The molecule has 0 spiro atoms. The number of carbonyl (C=O) groups is 1. The lowest BCUT2D eigenvalue weighted by Gasteiger charge is -2.06. The van der Waals surface area contributed by atoms with Crippen LogP contribution in [0.4, 0.5) is 4.79 Å². The highest BCUT2D eigenvalue weighted by molar-refractivity contribution is 6.32. The van der Waals surface area contributed by atoms with E-state index >= 15 is 0 Å². The molecule has 0 radical (unpaired) electrons. The summed E-state index contributed by atoms with van der Waals surface area (Å²) in [5.41, 5.74) is 0.824. The molecule has 1 rings (SSSR count). The third-order valence-electron chi connectivity index (χ3n) is 1.94. The average molecular weight is 255 g/mol. The van der Waals surface area contributed by atoms with Gasteiger partial charge in [-0.3, -0.25) is 0 Å². The first-order valence-electron chi connectivity index (χ1n) is 5.23. The second kappa shape index (κ2) is 6.93. The van der Waals surface area contributed by atoms with Gasteiger partial charge in [0.05, 0.1) is 6.10 Å². The highest BCUT2D eigenvalue weighted by atomic mass is 35.5. The molecule has 0 fully saturated rings. The molecule has 0 aliphatic rings. The van der Waals surface area contributed by atoms with Crippen molar-refractivity contribution >= 4 is 23.7 Å². The summed E-state index contributed by atoms with van der Waals surface area (Å²) in [6.07, 6.45) is 2.64. The van der Waals surface area contributed by atoms with Crippen LogP contribution in [0.5, 0.6) is 0 Å². The first-order valence-corrected chi connectivity index (χ1v) is 5.61. The molecule has 0 saturated heterocycles. The van der Waals surface area contributed by atoms with Crippen LogP contribution in [0.1, 0.15) is 12.5 Å². The monoisotopic (exact) mass is 254 g/mol. The van der Waals surface area contributed by atoms with Crippen molar-refractivity contribution in [2.45, 2.75) is 13.0 Å². The summed E-state index contributed by atoms with van der Waals surface area (Å²) < 4.78 is 0. The van der Waals surface area contributed by atoms with Crippen LogP contribution in [0, 0.1) is 0 Å². The summed E-state index contributed by atoms with van der Waals surface area (Å²) in [7, 11) is 0. The normalized spacial score (nSPS) is 12.4. The second-order valence-electron chi connectivity index (χ2n) is 3.56. The lowest BCUT2D eigenvalue weighted by atomic mass is 10.2. The van der Waals surface area contributed by atoms with E-state index in [-0.39, 0.29) is 12.6 Å². The number of urea groups is 1. The Hall–Kier alpha value is -1.52. The maximum Gasteiger partial charge on any atom is 0.318 e. The van der Waals surface area contributed by atoms with Gasteiger partial charge in [-0.15, -0.1) is 0 Å². The van der Waals surface area contributed by atoms with E-state index in [2.05, 4.69) is 10.6 Å². The van der Waals surface area contributed by atoms with Gasteiger partial charge >= 0.3 is 6.03 Å². The molecule has 17 heavy (non-hydrogen) atoms. The third kappa shape index (κ3) is 5.38. The number of carbonyl (C=O) groups excluding carboxylic acids is 1. The van der Waals surface area contributed by atoms with Gasteiger partial charge in [-0.1, -0.05) is 29.8 Å². The predicted molar refractivity (Wildman–Crippen MR) is 68.7 cm³/mol. The number of rotatable bonds is 4. The molecule has 0 saturated carbocycles. The van der Waals surface area contributed by atoms with Crippen LogP contribution in [-0.4, -0.2) is 23.8 Å². The fraction of sp³-hybridized carbons (Fsp3) is 0.250. The van der Waals surface area contributed by atoms with Crippen molar-refractivity contribution in [1.29, 1.82) is 0 Å². The van der Waals surface area contributed by atoms with E-state index < -0.39 is 6.10 Å². The Morgan fingerprint density at radius 2 is 2.24 bits per heavy atom. The molecule has 1 aromatic rings. The summed E-state index contributed by atoms with van der Waals surface area (Å²) in [5, 5.41) is 14.6. The van der Waals surface area contributed by atoms with Gasteiger partial charge in [0.15, 0.2) is 0 Å². The second-order valence-corrected chi connectivity index (χ2v) is 3.97. The van der Waals surface area contributed by atoms with Crippen LogP contribution in [0.25, 0.3) is 6.08 Å².